The second-order valence-corrected chi connectivity index (χ2v) is 7.16. The molecule has 0 bridgehead atoms. The summed E-state index contributed by atoms with van der Waals surface area (Å²) < 4.78 is 27.0. The highest BCUT2D eigenvalue weighted by Crippen LogP contribution is 2.45. The molecule has 2 nitrogen and oxygen atoms in total. The fourth-order valence-electron chi connectivity index (χ4n) is 3.07. The molecule has 1 aromatic rings. The first kappa shape index (κ1) is 23.9. The summed E-state index contributed by atoms with van der Waals surface area (Å²) in [5.41, 5.74) is 3.35. The van der Waals surface area contributed by atoms with Crippen LogP contribution in [0.1, 0.15) is 57.1 Å². The standard InChI is InChI=1S/C20H21ClO2.C3H6F2/c1-6-7-14-9-16(21)20(18(10-14)23-5)19-13(4)8-15(12(2)3)11-17(19)22;1-2-3(4)5/h9-10,15,19H,2,4,8,11H2,1,3,5H3;3H,2H2,1H3. The van der Waals surface area contributed by atoms with Gasteiger partial charge < -0.3 is 4.74 Å². The molecule has 0 saturated heterocycles. The first-order valence-corrected chi connectivity index (χ1v) is 9.48. The number of ketones is 1. The number of Topliss-reactive ketones (excluding diaryl/α,β-unsaturated/α-hetero) is 1. The molecule has 1 saturated carbocycles. The van der Waals surface area contributed by atoms with Crippen LogP contribution >= 0.6 is 11.6 Å². The Kier molecular flexibility index (Phi) is 9.41. The topological polar surface area (TPSA) is 26.3 Å². The number of halogens is 3. The van der Waals surface area contributed by atoms with Crippen molar-refractivity contribution < 1.29 is 18.3 Å². The number of allylic oxidation sites excluding steroid dienone is 2. The van der Waals surface area contributed by atoms with E-state index in [0.717, 1.165) is 23.1 Å². The maximum atomic E-state index is 12.7. The Labute approximate surface area is 171 Å². The van der Waals surface area contributed by atoms with E-state index in [1.807, 2.05) is 13.0 Å². The van der Waals surface area contributed by atoms with Crippen molar-refractivity contribution >= 4 is 17.4 Å². The third-order valence-corrected chi connectivity index (χ3v) is 4.87. The number of ether oxygens (including phenoxy) is 1. The van der Waals surface area contributed by atoms with E-state index in [4.69, 9.17) is 16.3 Å². The predicted molar refractivity (Wildman–Crippen MR) is 111 cm³/mol. The summed E-state index contributed by atoms with van der Waals surface area (Å²) in [5, 5.41) is 0.496. The van der Waals surface area contributed by atoms with E-state index in [2.05, 4.69) is 25.0 Å². The van der Waals surface area contributed by atoms with Gasteiger partial charge in [-0.2, -0.15) is 0 Å². The molecule has 2 atom stereocenters. The number of alkyl halides is 2. The highest BCUT2D eigenvalue weighted by molar-refractivity contribution is 6.32. The van der Waals surface area contributed by atoms with Crippen LogP contribution in [0, 0.1) is 17.8 Å². The van der Waals surface area contributed by atoms with Gasteiger partial charge in [0.05, 0.1) is 13.0 Å². The van der Waals surface area contributed by atoms with E-state index in [9.17, 15) is 13.6 Å². The van der Waals surface area contributed by atoms with Crippen molar-refractivity contribution in [2.45, 2.75) is 52.4 Å². The van der Waals surface area contributed by atoms with Crippen molar-refractivity contribution in [1.29, 1.82) is 0 Å². The zero-order valence-corrected chi connectivity index (χ0v) is 17.6. The number of rotatable bonds is 4. The molecule has 0 N–H and O–H groups in total. The summed E-state index contributed by atoms with van der Waals surface area (Å²) in [5.74, 6) is 6.25. The van der Waals surface area contributed by atoms with Gasteiger partial charge in [0.1, 0.15) is 11.5 Å². The minimum Gasteiger partial charge on any atom is -0.496 e. The maximum absolute atomic E-state index is 12.7. The summed E-state index contributed by atoms with van der Waals surface area (Å²) in [4.78, 5) is 12.7. The van der Waals surface area contributed by atoms with Crippen molar-refractivity contribution in [1.82, 2.24) is 0 Å². The maximum Gasteiger partial charge on any atom is 0.238 e. The van der Waals surface area contributed by atoms with Crippen LogP contribution in [0.25, 0.3) is 0 Å². The third-order valence-electron chi connectivity index (χ3n) is 4.56. The van der Waals surface area contributed by atoms with E-state index in [-0.39, 0.29) is 18.1 Å². The molecule has 152 valence electrons. The summed E-state index contributed by atoms with van der Waals surface area (Å²) in [7, 11) is 1.57. The van der Waals surface area contributed by atoms with E-state index < -0.39 is 12.3 Å². The molecule has 28 heavy (non-hydrogen) atoms. The average molecular weight is 409 g/mol. The second-order valence-electron chi connectivity index (χ2n) is 6.76. The zero-order valence-electron chi connectivity index (χ0n) is 16.9. The zero-order chi connectivity index (χ0) is 21.4. The predicted octanol–water partition coefficient (Wildman–Crippen LogP) is 6.58. The first-order chi connectivity index (χ1) is 13.2. The average Bonchev–Trinajstić information content (AvgIpc) is 2.62. The lowest BCUT2D eigenvalue weighted by Gasteiger charge is -2.31. The van der Waals surface area contributed by atoms with Gasteiger partial charge in [-0.15, -0.1) is 5.92 Å². The molecule has 0 amide bonds. The van der Waals surface area contributed by atoms with Gasteiger partial charge >= 0.3 is 0 Å². The minimum absolute atomic E-state index is 0.0278. The van der Waals surface area contributed by atoms with E-state index in [0.29, 0.717) is 22.8 Å². The number of carbonyl (C=O) groups excluding carboxylic acids is 1. The number of carbonyl (C=O) groups is 1. The Morgan fingerprint density at radius 2 is 2.00 bits per heavy atom. The normalized spacial score (nSPS) is 18.7. The fraction of sp³-hybridized carbons (Fsp3) is 0.435. The van der Waals surface area contributed by atoms with Crippen LogP contribution < -0.4 is 4.74 Å². The van der Waals surface area contributed by atoms with Gasteiger partial charge in [0, 0.05) is 29.0 Å². The van der Waals surface area contributed by atoms with Crippen LogP contribution in [0.15, 0.2) is 36.4 Å². The van der Waals surface area contributed by atoms with Crippen LogP contribution in [-0.4, -0.2) is 19.3 Å². The van der Waals surface area contributed by atoms with Gasteiger partial charge in [0.25, 0.3) is 0 Å². The third kappa shape index (κ3) is 6.21. The Morgan fingerprint density at radius 1 is 1.39 bits per heavy atom. The minimum atomic E-state index is -2.12. The quantitative estimate of drug-likeness (QED) is 0.415. The molecule has 0 radical (unpaired) electrons. The molecule has 5 heteroatoms. The summed E-state index contributed by atoms with van der Waals surface area (Å²) >= 11 is 6.45. The molecular weight excluding hydrogens is 382 g/mol. The summed E-state index contributed by atoms with van der Waals surface area (Å²) in [6, 6.07) is 3.60. The Bertz CT molecular complexity index is 785. The number of methoxy groups -OCH3 is 1. The van der Waals surface area contributed by atoms with E-state index >= 15 is 0 Å². The van der Waals surface area contributed by atoms with Gasteiger partial charge in [-0.3, -0.25) is 4.79 Å². The van der Waals surface area contributed by atoms with Crippen LogP contribution in [0.3, 0.4) is 0 Å². The second kappa shape index (κ2) is 11.0. The van der Waals surface area contributed by atoms with Gasteiger partial charge in [0.15, 0.2) is 0 Å². The molecule has 1 aliphatic carbocycles. The molecule has 1 aliphatic rings. The van der Waals surface area contributed by atoms with E-state index in [1.165, 1.54) is 6.92 Å². The Balaban J connectivity index is 0.000000696. The highest BCUT2D eigenvalue weighted by atomic mass is 35.5. The van der Waals surface area contributed by atoms with Crippen LogP contribution in [0.4, 0.5) is 8.78 Å². The van der Waals surface area contributed by atoms with Crippen molar-refractivity contribution in [3.8, 4) is 17.6 Å². The number of benzene rings is 1. The largest absolute Gasteiger partial charge is 0.496 e. The van der Waals surface area contributed by atoms with Crippen LogP contribution in [0.5, 0.6) is 5.75 Å². The summed E-state index contributed by atoms with van der Waals surface area (Å²) in [6.07, 6.45) is -0.925. The fourth-order valence-corrected chi connectivity index (χ4v) is 3.39. The van der Waals surface area contributed by atoms with E-state index in [1.54, 1.807) is 20.1 Å². The first-order valence-electron chi connectivity index (χ1n) is 9.10. The van der Waals surface area contributed by atoms with Crippen molar-refractivity contribution in [2.75, 3.05) is 7.11 Å². The van der Waals surface area contributed by atoms with Crippen molar-refractivity contribution in [3.63, 3.8) is 0 Å². The van der Waals surface area contributed by atoms with Crippen LogP contribution in [0.2, 0.25) is 5.02 Å². The highest BCUT2D eigenvalue weighted by Gasteiger charge is 2.35. The lowest BCUT2D eigenvalue weighted by molar-refractivity contribution is -0.121. The van der Waals surface area contributed by atoms with Crippen molar-refractivity contribution in [2.24, 2.45) is 5.92 Å². The lowest BCUT2D eigenvalue weighted by Crippen LogP contribution is -2.26. The van der Waals surface area contributed by atoms with Gasteiger partial charge in [-0.25, -0.2) is 8.78 Å². The lowest BCUT2D eigenvalue weighted by atomic mass is 9.72. The molecule has 1 aromatic carbocycles. The van der Waals surface area contributed by atoms with Gasteiger partial charge in [-0.05, 0) is 38.3 Å². The van der Waals surface area contributed by atoms with Gasteiger partial charge in [-0.1, -0.05) is 48.7 Å². The smallest absolute Gasteiger partial charge is 0.238 e. The Hall–Kier alpha value is -2.12. The molecule has 1 fully saturated rings. The number of hydrogen-bond acceptors (Lipinski definition) is 2. The van der Waals surface area contributed by atoms with Gasteiger partial charge in [0.2, 0.25) is 6.43 Å². The molecule has 0 heterocycles. The Morgan fingerprint density at radius 3 is 2.43 bits per heavy atom. The van der Waals surface area contributed by atoms with Crippen molar-refractivity contribution in [3.05, 3.63) is 52.6 Å². The molecule has 0 spiro atoms. The molecule has 0 aliphatic heterocycles. The molecule has 2 unspecified atom stereocenters. The molecule has 2 rings (SSSR count). The monoisotopic (exact) mass is 408 g/mol. The molecular formula is C23H27ClF2O2. The summed E-state index contributed by atoms with van der Waals surface area (Å²) in [6.45, 7) is 13.3. The molecule has 0 aromatic heterocycles. The van der Waals surface area contributed by atoms with Crippen LogP contribution in [-0.2, 0) is 4.79 Å². The number of hydrogen-bond donors (Lipinski definition) is 0. The SMILES string of the molecule is C=C(C)C1CC(=C)C(c2c(Cl)cc(C#CC)cc2OC)C(=O)C1.CCC(F)F.